The van der Waals surface area contributed by atoms with Crippen LogP contribution in [0.25, 0.3) is 0 Å². The van der Waals surface area contributed by atoms with Crippen molar-refractivity contribution in [1.82, 2.24) is 10.6 Å². The molecule has 2 N–H and O–H groups in total. The third-order valence-corrected chi connectivity index (χ3v) is 5.11. The summed E-state index contributed by atoms with van der Waals surface area (Å²) in [5, 5.41) is 6.76. The molecule has 2 fully saturated rings. The Hall–Kier alpha value is -1.59. The van der Waals surface area contributed by atoms with Gasteiger partial charge in [-0.25, -0.2) is 0 Å². The number of benzene rings is 1. The van der Waals surface area contributed by atoms with Crippen LogP contribution in [0.2, 0.25) is 0 Å². The third-order valence-electron chi connectivity index (χ3n) is 5.11. The van der Waals surface area contributed by atoms with Gasteiger partial charge in [-0.05, 0) is 43.6 Å². The zero-order valence-corrected chi connectivity index (χ0v) is 16.0. The van der Waals surface area contributed by atoms with E-state index < -0.39 is 0 Å². The zero-order valence-electron chi connectivity index (χ0n) is 16.0. The number of nitrogens with zero attached hydrogens (tertiary/aromatic N) is 1. The Morgan fingerprint density at radius 2 is 2.15 bits per heavy atom. The van der Waals surface area contributed by atoms with E-state index in [1.54, 1.807) is 0 Å². The summed E-state index contributed by atoms with van der Waals surface area (Å²) >= 11 is 0. The van der Waals surface area contributed by atoms with E-state index in [2.05, 4.69) is 47.9 Å². The van der Waals surface area contributed by atoms with Crippen molar-refractivity contribution < 1.29 is 9.47 Å². The van der Waals surface area contributed by atoms with E-state index in [9.17, 15) is 0 Å². The van der Waals surface area contributed by atoms with Gasteiger partial charge in [0.05, 0.1) is 13.2 Å². The van der Waals surface area contributed by atoms with Crippen LogP contribution >= 0.6 is 0 Å². The second kappa shape index (κ2) is 10.5. The lowest BCUT2D eigenvalue weighted by Gasteiger charge is -2.12. The minimum absolute atomic E-state index is 0.595. The Bertz CT molecular complexity index is 543. The minimum Gasteiger partial charge on any atom is -0.381 e. The van der Waals surface area contributed by atoms with E-state index in [1.165, 1.54) is 12.0 Å². The number of guanidine groups is 1. The maximum atomic E-state index is 5.75. The van der Waals surface area contributed by atoms with Crippen molar-refractivity contribution in [3.63, 3.8) is 0 Å². The smallest absolute Gasteiger partial charge is 0.191 e. The van der Waals surface area contributed by atoms with Crippen molar-refractivity contribution in [3.05, 3.63) is 35.9 Å². The van der Waals surface area contributed by atoms with Crippen molar-refractivity contribution in [2.45, 2.75) is 32.1 Å². The summed E-state index contributed by atoms with van der Waals surface area (Å²) in [5.41, 5.74) is 1.45. The number of hydrogen-bond donors (Lipinski definition) is 2. The van der Waals surface area contributed by atoms with Crippen LogP contribution in [0.1, 0.15) is 37.7 Å². The van der Waals surface area contributed by atoms with Crippen molar-refractivity contribution in [2.24, 2.45) is 16.8 Å². The summed E-state index contributed by atoms with van der Waals surface area (Å²) in [6.45, 7) is 8.15. The molecule has 0 amide bonds. The van der Waals surface area contributed by atoms with E-state index in [1.807, 2.05) is 0 Å². The molecule has 5 nitrogen and oxygen atoms in total. The first-order valence-electron chi connectivity index (χ1n) is 10.1. The van der Waals surface area contributed by atoms with Gasteiger partial charge in [0, 0.05) is 38.8 Å². The molecule has 0 radical (unpaired) electrons. The molecule has 0 bridgehead atoms. The number of rotatable bonds is 10. The quantitative estimate of drug-likeness (QED) is 0.383. The van der Waals surface area contributed by atoms with Gasteiger partial charge in [-0.1, -0.05) is 30.3 Å². The summed E-state index contributed by atoms with van der Waals surface area (Å²) in [6, 6.07) is 10.8. The monoisotopic (exact) mass is 359 g/mol. The largest absolute Gasteiger partial charge is 0.381 e. The average molecular weight is 360 g/mol. The van der Waals surface area contributed by atoms with Crippen molar-refractivity contribution in [2.75, 3.05) is 46.1 Å². The topological polar surface area (TPSA) is 54.9 Å². The van der Waals surface area contributed by atoms with Gasteiger partial charge in [0.1, 0.15) is 0 Å². The van der Waals surface area contributed by atoms with Crippen LogP contribution in [0.15, 0.2) is 35.3 Å². The van der Waals surface area contributed by atoms with Gasteiger partial charge in [-0.3, -0.25) is 4.99 Å². The van der Waals surface area contributed by atoms with E-state index in [-0.39, 0.29) is 0 Å². The first-order valence-corrected chi connectivity index (χ1v) is 10.1. The Morgan fingerprint density at radius 3 is 2.92 bits per heavy atom. The van der Waals surface area contributed by atoms with E-state index in [4.69, 9.17) is 14.5 Å². The lowest BCUT2D eigenvalue weighted by Crippen LogP contribution is -2.38. The highest BCUT2D eigenvalue weighted by Gasteiger charge is 2.37. The van der Waals surface area contributed by atoms with Gasteiger partial charge >= 0.3 is 0 Å². The normalized spacial score (nSPS) is 25.3. The second-order valence-electron chi connectivity index (χ2n) is 7.32. The predicted molar refractivity (Wildman–Crippen MR) is 106 cm³/mol. The molecule has 144 valence electrons. The molecule has 26 heavy (non-hydrogen) atoms. The SMILES string of the molecule is CCNC(=NCC1CC1c1ccccc1)NCCCOCC1CCOC1. The highest BCUT2D eigenvalue weighted by Crippen LogP contribution is 2.47. The van der Waals surface area contributed by atoms with Gasteiger partial charge in [-0.15, -0.1) is 0 Å². The molecule has 1 saturated heterocycles. The molecule has 0 spiro atoms. The minimum atomic E-state index is 0.595. The zero-order chi connectivity index (χ0) is 18.0. The van der Waals surface area contributed by atoms with Gasteiger partial charge in [-0.2, -0.15) is 0 Å². The molecule has 3 rings (SSSR count). The third kappa shape index (κ3) is 6.29. The fourth-order valence-corrected chi connectivity index (χ4v) is 3.45. The van der Waals surface area contributed by atoms with E-state index >= 15 is 0 Å². The molecule has 1 aliphatic carbocycles. The number of nitrogens with one attached hydrogen (secondary N) is 2. The Labute approximate surface area is 157 Å². The number of aliphatic imine (C=N–C) groups is 1. The van der Waals surface area contributed by atoms with Crippen LogP contribution in [0.5, 0.6) is 0 Å². The van der Waals surface area contributed by atoms with Crippen LogP contribution in [0.3, 0.4) is 0 Å². The molecular weight excluding hydrogens is 326 g/mol. The van der Waals surface area contributed by atoms with E-state index in [0.29, 0.717) is 17.8 Å². The van der Waals surface area contributed by atoms with Crippen LogP contribution in [0.4, 0.5) is 0 Å². The first kappa shape index (κ1) is 19.2. The van der Waals surface area contributed by atoms with Crippen LogP contribution in [-0.2, 0) is 9.47 Å². The molecule has 3 atom stereocenters. The molecule has 5 heteroatoms. The Morgan fingerprint density at radius 1 is 1.27 bits per heavy atom. The summed E-state index contributed by atoms with van der Waals surface area (Å²) < 4.78 is 11.1. The maximum Gasteiger partial charge on any atom is 0.191 e. The fourth-order valence-electron chi connectivity index (χ4n) is 3.45. The summed E-state index contributed by atoms with van der Waals surface area (Å²) in [5.74, 6) is 2.90. The van der Waals surface area contributed by atoms with Crippen LogP contribution < -0.4 is 10.6 Å². The fraction of sp³-hybridized carbons (Fsp3) is 0.667. The second-order valence-corrected chi connectivity index (χ2v) is 7.32. The molecule has 1 heterocycles. The van der Waals surface area contributed by atoms with Gasteiger partial charge < -0.3 is 20.1 Å². The Balaban J connectivity index is 1.30. The standard InChI is InChI=1S/C21H33N3O2/c1-2-22-21(23-10-6-11-25-15-17-9-12-26-16-17)24-14-19-13-20(19)18-7-4-3-5-8-18/h3-5,7-8,17,19-20H,2,6,9-16H2,1H3,(H2,22,23,24). The summed E-state index contributed by atoms with van der Waals surface area (Å²) in [6.07, 6.45) is 3.39. The van der Waals surface area contributed by atoms with Gasteiger partial charge in [0.15, 0.2) is 5.96 Å². The van der Waals surface area contributed by atoms with E-state index in [0.717, 1.165) is 64.9 Å². The van der Waals surface area contributed by atoms with Crippen molar-refractivity contribution in [1.29, 1.82) is 0 Å². The average Bonchev–Trinajstić information content (AvgIpc) is 3.27. The molecule has 2 aliphatic rings. The lowest BCUT2D eigenvalue weighted by atomic mass is 10.1. The highest BCUT2D eigenvalue weighted by molar-refractivity contribution is 5.79. The number of ether oxygens (including phenoxy) is 2. The van der Waals surface area contributed by atoms with Crippen molar-refractivity contribution in [3.8, 4) is 0 Å². The van der Waals surface area contributed by atoms with Crippen LogP contribution in [-0.4, -0.2) is 52.0 Å². The Kier molecular flexibility index (Phi) is 7.77. The number of hydrogen-bond acceptors (Lipinski definition) is 3. The van der Waals surface area contributed by atoms with Gasteiger partial charge in [0.25, 0.3) is 0 Å². The molecule has 1 aliphatic heterocycles. The molecule has 1 saturated carbocycles. The molecule has 1 aromatic carbocycles. The summed E-state index contributed by atoms with van der Waals surface area (Å²) in [4.78, 5) is 4.77. The predicted octanol–water partition coefficient (Wildman–Crippen LogP) is 2.79. The molecule has 0 aromatic heterocycles. The van der Waals surface area contributed by atoms with Crippen molar-refractivity contribution >= 4 is 5.96 Å². The van der Waals surface area contributed by atoms with Crippen LogP contribution in [0, 0.1) is 11.8 Å². The molecular formula is C21H33N3O2. The van der Waals surface area contributed by atoms with Gasteiger partial charge in [0.2, 0.25) is 0 Å². The maximum absolute atomic E-state index is 5.75. The summed E-state index contributed by atoms with van der Waals surface area (Å²) in [7, 11) is 0. The molecule has 3 unspecified atom stereocenters. The first-order chi connectivity index (χ1) is 12.9. The highest BCUT2D eigenvalue weighted by atomic mass is 16.5. The molecule has 1 aromatic rings. The lowest BCUT2D eigenvalue weighted by molar-refractivity contribution is 0.0888.